The summed E-state index contributed by atoms with van der Waals surface area (Å²) in [6.45, 7) is 2.03. The van der Waals surface area contributed by atoms with Crippen LogP contribution in [0.15, 0.2) is 42.5 Å². The van der Waals surface area contributed by atoms with Crippen LogP contribution in [0.1, 0.15) is 18.2 Å². The average molecular weight is 420 g/mol. The SMILES string of the molecule is COc1cccc(-c2c(C)nn3c2NC(=O)C3CC(=O)Nc2ccc3c(c2)OCO3)c1. The van der Waals surface area contributed by atoms with E-state index >= 15 is 0 Å². The molecule has 2 N–H and O–H groups in total. The Hall–Kier alpha value is -4.01. The molecule has 3 heterocycles. The van der Waals surface area contributed by atoms with Gasteiger partial charge in [-0.1, -0.05) is 12.1 Å². The zero-order valence-corrected chi connectivity index (χ0v) is 17.0. The molecule has 2 amide bonds. The zero-order chi connectivity index (χ0) is 21.5. The van der Waals surface area contributed by atoms with Crippen LogP contribution in [0.5, 0.6) is 17.2 Å². The molecule has 1 unspecified atom stereocenters. The van der Waals surface area contributed by atoms with Crippen molar-refractivity contribution in [2.24, 2.45) is 0 Å². The van der Waals surface area contributed by atoms with Crippen LogP contribution in [0.4, 0.5) is 11.5 Å². The van der Waals surface area contributed by atoms with E-state index in [2.05, 4.69) is 15.7 Å². The van der Waals surface area contributed by atoms with E-state index in [9.17, 15) is 9.59 Å². The number of hydrogen-bond donors (Lipinski definition) is 2. The van der Waals surface area contributed by atoms with Gasteiger partial charge in [0.25, 0.3) is 5.91 Å². The fourth-order valence-corrected chi connectivity index (χ4v) is 3.87. The Morgan fingerprint density at radius 2 is 2.10 bits per heavy atom. The van der Waals surface area contributed by atoms with Crippen LogP contribution in [-0.4, -0.2) is 35.5 Å². The summed E-state index contributed by atoms with van der Waals surface area (Å²) in [4.78, 5) is 25.3. The van der Waals surface area contributed by atoms with Crippen LogP contribution in [-0.2, 0) is 9.59 Å². The molecule has 31 heavy (non-hydrogen) atoms. The molecule has 158 valence electrons. The quantitative estimate of drug-likeness (QED) is 0.657. The molecule has 0 fully saturated rings. The van der Waals surface area contributed by atoms with Gasteiger partial charge < -0.3 is 24.8 Å². The van der Waals surface area contributed by atoms with Crippen LogP contribution in [0.3, 0.4) is 0 Å². The number of nitrogens with one attached hydrogen (secondary N) is 2. The molecule has 2 aromatic carbocycles. The Morgan fingerprint density at radius 1 is 1.26 bits per heavy atom. The van der Waals surface area contributed by atoms with E-state index in [-0.39, 0.29) is 25.0 Å². The molecule has 5 rings (SSSR count). The highest BCUT2D eigenvalue weighted by molar-refractivity contribution is 6.04. The molecule has 0 aliphatic carbocycles. The number of carbonyl (C=O) groups is 2. The van der Waals surface area contributed by atoms with Crippen molar-refractivity contribution in [1.29, 1.82) is 0 Å². The highest BCUT2D eigenvalue weighted by atomic mass is 16.7. The minimum Gasteiger partial charge on any atom is -0.497 e. The van der Waals surface area contributed by atoms with Gasteiger partial charge in [-0.15, -0.1) is 0 Å². The van der Waals surface area contributed by atoms with Crippen LogP contribution in [0, 0.1) is 6.92 Å². The number of aryl methyl sites for hydroxylation is 1. The van der Waals surface area contributed by atoms with E-state index in [1.54, 1.807) is 30.0 Å². The molecule has 1 atom stereocenters. The monoisotopic (exact) mass is 420 g/mol. The lowest BCUT2D eigenvalue weighted by Gasteiger charge is -2.10. The van der Waals surface area contributed by atoms with Gasteiger partial charge in [-0.2, -0.15) is 5.10 Å². The number of hydrogen-bond acceptors (Lipinski definition) is 6. The number of amides is 2. The molecule has 3 aromatic rings. The van der Waals surface area contributed by atoms with Gasteiger partial charge in [0.15, 0.2) is 11.5 Å². The Kier molecular flexibility index (Phi) is 4.50. The summed E-state index contributed by atoms with van der Waals surface area (Å²) in [5.74, 6) is 1.92. The second-order valence-electron chi connectivity index (χ2n) is 7.31. The number of anilines is 2. The molecule has 9 nitrogen and oxygen atoms in total. The van der Waals surface area contributed by atoms with Crippen LogP contribution in [0.2, 0.25) is 0 Å². The third-order valence-electron chi connectivity index (χ3n) is 5.32. The highest BCUT2D eigenvalue weighted by Gasteiger charge is 2.36. The minimum atomic E-state index is -0.734. The summed E-state index contributed by atoms with van der Waals surface area (Å²) < 4.78 is 17.5. The van der Waals surface area contributed by atoms with Gasteiger partial charge in [-0.3, -0.25) is 9.59 Å². The van der Waals surface area contributed by atoms with Crippen LogP contribution < -0.4 is 24.8 Å². The number of fused-ring (bicyclic) bond motifs is 2. The Balaban J connectivity index is 1.37. The van der Waals surface area contributed by atoms with E-state index in [0.717, 1.165) is 16.8 Å². The number of nitrogens with zero attached hydrogens (tertiary/aromatic N) is 2. The van der Waals surface area contributed by atoms with E-state index in [1.807, 2.05) is 31.2 Å². The molecule has 2 aliphatic heterocycles. The molecule has 9 heteroatoms. The third-order valence-corrected chi connectivity index (χ3v) is 5.32. The zero-order valence-electron chi connectivity index (χ0n) is 17.0. The number of methoxy groups -OCH3 is 1. The van der Waals surface area contributed by atoms with Crippen LogP contribution >= 0.6 is 0 Å². The van der Waals surface area contributed by atoms with Crippen molar-refractivity contribution in [3.63, 3.8) is 0 Å². The lowest BCUT2D eigenvalue weighted by Crippen LogP contribution is -2.23. The topological polar surface area (TPSA) is 104 Å². The summed E-state index contributed by atoms with van der Waals surface area (Å²) >= 11 is 0. The van der Waals surface area contributed by atoms with Crippen molar-refractivity contribution < 1.29 is 23.8 Å². The van der Waals surface area contributed by atoms with Gasteiger partial charge >= 0.3 is 0 Å². The maximum Gasteiger partial charge on any atom is 0.251 e. The van der Waals surface area contributed by atoms with Gasteiger partial charge in [0.2, 0.25) is 12.7 Å². The first-order valence-electron chi connectivity index (χ1n) is 9.77. The molecular formula is C22H20N4O5. The van der Waals surface area contributed by atoms with E-state index in [0.29, 0.717) is 28.8 Å². The van der Waals surface area contributed by atoms with Crippen molar-refractivity contribution in [3.8, 4) is 28.4 Å². The maximum absolute atomic E-state index is 12.6. The van der Waals surface area contributed by atoms with Gasteiger partial charge in [-0.25, -0.2) is 4.68 Å². The standard InChI is InChI=1S/C22H20N4O5/c1-12-20(13-4-3-5-15(8-13)29-2)21-24-22(28)16(26(21)25-12)10-19(27)23-14-6-7-17-18(9-14)31-11-30-17/h3-9,16H,10-11H2,1-2H3,(H,23,27)(H,24,28). The minimum absolute atomic E-state index is 0.0497. The number of aromatic nitrogens is 2. The van der Waals surface area contributed by atoms with Gasteiger partial charge in [0.05, 0.1) is 19.2 Å². The number of carbonyl (C=O) groups excluding carboxylic acids is 2. The molecule has 0 saturated carbocycles. The van der Waals surface area contributed by atoms with Crippen molar-refractivity contribution >= 4 is 23.3 Å². The van der Waals surface area contributed by atoms with E-state index in [1.165, 1.54) is 0 Å². The van der Waals surface area contributed by atoms with E-state index < -0.39 is 6.04 Å². The first kappa shape index (κ1) is 19.0. The Morgan fingerprint density at radius 3 is 2.94 bits per heavy atom. The third kappa shape index (κ3) is 3.33. The summed E-state index contributed by atoms with van der Waals surface area (Å²) in [7, 11) is 1.60. The number of benzene rings is 2. The Bertz CT molecular complexity index is 1200. The molecule has 0 bridgehead atoms. The van der Waals surface area contributed by atoms with Crippen LogP contribution in [0.25, 0.3) is 11.1 Å². The normalized spacial score (nSPS) is 16.1. The van der Waals surface area contributed by atoms with Crippen molar-refractivity contribution in [3.05, 3.63) is 48.2 Å². The number of ether oxygens (including phenoxy) is 3. The molecule has 0 saturated heterocycles. The van der Waals surface area contributed by atoms with Gasteiger partial charge in [0.1, 0.15) is 17.6 Å². The predicted octanol–water partition coefficient (Wildman–Crippen LogP) is 3.12. The lowest BCUT2D eigenvalue weighted by molar-refractivity contribution is -0.123. The first-order valence-corrected chi connectivity index (χ1v) is 9.77. The summed E-state index contributed by atoms with van der Waals surface area (Å²) in [5, 5.41) is 10.2. The number of rotatable bonds is 5. The van der Waals surface area contributed by atoms with E-state index in [4.69, 9.17) is 14.2 Å². The fraction of sp³-hybridized carbons (Fsp3) is 0.227. The molecule has 1 aromatic heterocycles. The highest BCUT2D eigenvalue weighted by Crippen LogP contribution is 2.39. The van der Waals surface area contributed by atoms with Gasteiger partial charge in [-0.05, 0) is 36.8 Å². The summed E-state index contributed by atoms with van der Waals surface area (Å²) in [6, 6.07) is 12.0. The van der Waals surface area contributed by atoms with Gasteiger partial charge in [0, 0.05) is 17.3 Å². The summed E-state index contributed by atoms with van der Waals surface area (Å²) in [5.41, 5.74) is 3.01. The smallest absolute Gasteiger partial charge is 0.251 e. The first-order chi connectivity index (χ1) is 15.0. The molecule has 0 radical (unpaired) electrons. The second kappa shape index (κ2) is 7.35. The maximum atomic E-state index is 12.6. The molecule has 0 spiro atoms. The Labute approximate surface area is 177 Å². The average Bonchev–Trinajstić information content (AvgIpc) is 3.42. The van der Waals surface area contributed by atoms with Crippen molar-refractivity contribution in [2.75, 3.05) is 24.5 Å². The second-order valence-corrected chi connectivity index (χ2v) is 7.31. The van der Waals surface area contributed by atoms with Crippen molar-refractivity contribution in [2.45, 2.75) is 19.4 Å². The summed E-state index contributed by atoms with van der Waals surface area (Å²) in [6.07, 6.45) is -0.0497. The molecule has 2 aliphatic rings. The van der Waals surface area contributed by atoms with Crippen molar-refractivity contribution in [1.82, 2.24) is 9.78 Å². The lowest BCUT2D eigenvalue weighted by atomic mass is 10.1. The predicted molar refractivity (Wildman–Crippen MR) is 112 cm³/mol. The molecular weight excluding hydrogens is 400 g/mol. The largest absolute Gasteiger partial charge is 0.497 e. The fourth-order valence-electron chi connectivity index (χ4n) is 3.87.